The molecule has 0 spiro atoms. The summed E-state index contributed by atoms with van der Waals surface area (Å²) in [6.07, 6.45) is 5.53. The number of amides is 1. The first-order valence-corrected chi connectivity index (χ1v) is 9.66. The van der Waals surface area contributed by atoms with Gasteiger partial charge in [-0.05, 0) is 56.1 Å². The van der Waals surface area contributed by atoms with Crippen molar-refractivity contribution in [2.24, 2.45) is 17.8 Å². The number of rotatable bonds is 9. The highest BCUT2D eigenvalue weighted by Gasteiger charge is 2.43. The minimum atomic E-state index is -0.417. The fraction of sp³-hybridized carbons (Fsp3) is 0.571. The van der Waals surface area contributed by atoms with E-state index in [-0.39, 0.29) is 24.3 Å². The van der Waals surface area contributed by atoms with E-state index in [0.717, 1.165) is 18.4 Å². The van der Waals surface area contributed by atoms with E-state index in [2.05, 4.69) is 5.32 Å². The van der Waals surface area contributed by atoms with E-state index < -0.39 is 6.29 Å². The number of hydrogen-bond acceptors (Lipinski definition) is 4. The smallest absolute Gasteiger partial charge is 0.286 e. The Kier molecular flexibility index (Phi) is 6.69. The minimum Gasteiger partial charge on any atom is -0.459 e. The predicted molar refractivity (Wildman–Crippen MR) is 98.9 cm³/mol. The highest BCUT2D eigenvalue weighted by molar-refractivity contribution is 5.91. The average Bonchev–Trinajstić information content (AvgIpc) is 3.51. The molecule has 2 aliphatic rings. The van der Waals surface area contributed by atoms with Gasteiger partial charge in [-0.1, -0.05) is 30.3 Å². The first kappa shape index (κ1) is 18.9. The maximum atomic E-state index is 12.6. The quantitative estimate of drug-likeness (QED) is 0.711. The zero-order valence-corrected chi connectivity index (χ0v) is 15.4. The number of ether oxygens (including phenoxy) is 2. The lowest BCUT2D eigenvalue weighted by Crippen LogP contribution is -2.40. The van der Waals surface area contributed by atoms with Gasteiger partial charge in [0.05, 0.1) is 0 Å². The van der Waals surface area contributed by atoms with Gasteiger partial charge in [0, 0.05) is 25.7 Å². The molecule has 1 aliphatic heterocycles. The second-order valence-electron chi connectivity index (χ2n) is 7.09. The van der Waals surface area contributed by atoms with E-state index >= 15 is 0 Å². The Morgan fingerprint density at radius 2 is 2.08 bits per heavy atom. The number of allylic oxidation sites excluding steroid dienone is 1. The van der Waals surface area contributed by atoms with Crippen molar-refractivity contribution < 1.29 is 19.4 Å². The van der Waals surface area contributed by atoms with Gasteiger partial charge >= 0.3 is 0 Å². The molecule has 142 valence electrons. The second-order valence-corrected chi connectivity index (χ2v) is 7.09. The third kappa shape index (κ3) is 4.86. The molecule has 2 N–H and O–H groups in total. The molecule has 0 bridgehead atoms. The molecule has 1 aromatic rings. The molecule has 0 unspecified atom stereocenters. The lowest BCUT2D eigenvalue weighted by molar-refractivity contribution is -0.173. The lowest BCUT2D eigenvalue weighted by Gasteiger charge is -2.37. The van der Waals surface area contributed by atoms with Crippen LogP contribution in [0.2, 0.25) is 0 Å². The van der Waals surface area contributed by atoms with Crippen LogP contribution < -0.4 is 5.32 Å². The van der Waals surface area contributed by atoms with Crippen LogP contribution in [-0.2, 0) is 20.8 Å². The summed E-state index contributed by atoms with van der Waals surface area (Å²) in [4.78, 5) is 12.6. The third-order valence-electron chi connectivity index (χ3n) is 5.14. The van der Waals surface area contributed by atoms with Crippen LogP contribution in [0.3, 0.4) is 0 Å². The molecular weight excluding hydrogens is 330 g/mol. The van der Waals surface area contributed by atoms with Crippen LogP contribution in [0.1, 0.15) is 38.2 Å². The van der Waals surface area contributed by atoms with Gasteiger partial charge in [0.1, 0.15) is 0 Å². The van der Waals surface area contributed by atoms with E-state index in [0.29, 0.717) is 24.8 Å². The molecule has 3 atom stereocenters. The van der Waals surface area contributed by atoms with E-state index in [9.17, 15) is 9.90 Å². The van der Waals surface area contributed by atoms with Gasteiger partial charge < -0.3 is 19.9 Å². The van der Waals surface area contributed by atoms with Crippen molar-refractivity contribution in [2.75, 3.05) is 13.2 Å². The number of benzene rings is 1. The van der Waals surface area contributed by atoms with E-state index in [1.165, 1.54) is 12.8 Å². The zero-order chi connectivity index (χ0) is 18.4. The van der Waals surface area contributed by atoms with Gasteiger partial charge in [-0.3, -0.25) is 4.79 Å². The number of carbonyl (C=O) groups is 1. The standard InChI is InChI=1S/C21H29NO4/c1-2-25-21-17(9-6-12-23)18(16-10-11-16)13-19(26-21)20(24)22-14-15-7-4-3-5-8-15/h3-5,7-8,13,16-18,21,23H,2,6,9-12,14H2,1H3,(H,22,24)/t17-,18+,21+/m0/s1. The van der Waals surface area contributed by atoms with Crippen LogP contribution in [0.5, 0.6) is 0 Å². The summed E-state index contributed by atoms with van der Waals surface area (Å²) < 4.78 is 11.8. The molecular formula is C21H29NO4. The summed E-state index contributed by atoms with van der Waals surface area (Å²) in [6, 6.07) is 9.84. The third-order valence-corrected chi connectivity index (χ3v) is 5.14. The summed E-state index contributed by atoms with van der Waals surface area (Å²) in [5.41, 5.74) is 1.05. The molecule has 1 amide bonds. The maximum absolute atomic E-state index is 12.6. The highest BCUT2D eigenvalue weighted by Crippen LogP contribution is 2.47. The molecule has 26 heavy (non-hydrogen) atoms. The largest absolute Gasteiger partial charge is 0.459 e. The van der Waals surface area contributed by atoms with Crippen LogP contribution in [0, 0.1) is 17.8 Å². The number of aliphatic hydroxyl groups excluding tert-OH is 1. The van der Waals surface area contributed by atoms with Crippen molar-refractivity contribution in [1.29, 1.82) is 0 Å². The summed E-state index contributed by atoms with van der Waals surface area (Å²) in [5, 5.41) is 12.2. The van der Waals surface area contributed by atoms with Crippen molar-refractivity contribution in [3.8, 4) is 0 Å². The second kappa shape index (κ2) is 9.19. The topological polar surface area (TPSA) is 67.8 Å². The lowest BCUT2D eigenvalue weighted by atomic mass is 9.82. The zero-order valence-electron chi connectivity index (χ0n) is 15.4. The fourth-order valence-corrected chi connectivity index (χ4v) is 3.67. The van der Waals surface area contributed by atoms with Gasteiger partial charge in [0.2, 0.25) is 6.29 Å². The predicted octanol–water partition coefficient (Wildman–Crippen LogP) is 2.99. The van der Waals surface area contributed by atoms with Crippen molar-refractivity contribution in [3.05, 3.63) is 47.7 Å². The molecule has 1 aliphatic carbocycles. The van der Waals surface area contributed by atoms with Gasteiger partial charge in [-0.25, -0.2) is 0 Å². The van der Waals surface area contributed by atoms with Crippen molar-refractivity contribution in [3.63, 3.8) is 0 Å². The van der Waals surface area contributed by atoms with Crippen LogP contribution in [0.4, 0.5) is 0 Å². The average molecular weight is 359 g/mol. The Bertz CT molecular complexity index is 612. The molecule has 1 aromatic carbocycles. The summed E-state index contributed by atoms with van der Waals surface area (Å²) in [6.45, 7) is 3.12. The Morgan fingerprint density at radius 1 is 1.31 bits per heavy atom. The van der Waals surface area contributed by atoms with Gasteiger partial charge in [0.25, 0.3) is 5.91 Å². The monoisotopic (exact) mass is 359 g/mol. The van der Waals surface area contributed by atoms with Crippen LogP contribution in [0.25, 0.3) is 0 Å². The maximum Gasteiger partial charge on any atom is 0.286 e. The Balaban J connectivity index is 1.69. The van der Waals surface area contributed by atoms with Crippen molar-refractivity contribution in [1.82, 2.24) is 5.32 Å². The van der Waals surface area contributed by atoms with Crippen LogP contribution in [0.15, 0.2) is 42.2 Å². The summed E-state index contributed by atoms with van der Waals surface area (Å²) in [7, 11) is 0. The molecule has 1 fully saturated rings. The van der Waals surface area contributed by atoms with Crippen LogP contribution >= 0.6 is 0 Å². The fourth-order valence-electron chi connectivity index (χ4n) is 3.67. The molecule has 3 rings (SSSR count). The van der Waals surface area contributed by atoms with Crippen molar-refractivity contribution in [2.45, 2.75) is 45.4 Å². The minimum absolute atomic E-state index is 0.168. The first-order valence-electron chi connectivity index (χ1n) is 9.66. The van der Waals surface area contributed by atoms with Crippen molar-refractivity contribution >= 4 is 5.91 Å². The number of aliphatic hydroxyl groups is 1. The molecule has 1 saturated carbocycles. The van der Waals surface area contributed by atoms with Crippen LogP contribution in [-0.4, -0.2) is 30.5 Å². The summed E-state index contributed by atoms with van der Waals surface area (Å²) >= 11 is 0. The number of hydrogen-bond donors (Lipinski definition) is 2. The molecule has 0 aromatic heterocycles. The number of nitrogens with one attached hydrogen (secondary N) is 1. The van der Waals surface area contributed by atoms with Gasteiger partial charge in [-0.2, -0.15) is 0 Å². The van der Waals surface area contributed by atoms with E-state index in [1.807, 2.05) is 43.3 Å². The molecule has 1 heterocycles. The van der Waals surface area contributed by atoms with Gasteiger partial charge in [-0.15, -0.1) is 0 Å². The highest BCUT2D eigenvalue weighted by atomic mass is 16.7. The SMILES string of the molecule is CCO[C@@H]1OC(C(=O)NCc2ccccc2)=C[C@H](C2CC2)[C@@H]1CCCO. The normalized spacial score (nSPS) is 25.3. The Labute approximate surface area is 155 Å². The Hall–Kier alpha value is -1.85. The molecule has 0 radical (unpaired) electrons. The van der Waals surface area contributed by atoms with Gasteiger partial charge in [0.15, 0.2) is 5.76 Å². The summed E-state index contributed by atoms with van der Waals surface area (Å²) in [5.74, 6) is 1.26. The van der Waals surface area contributed by atoms with E-state index in [4.69, 9.17) is 9.47 Å². The Morgan fingerprint density at radius 3 is 2.73 bits per heavy atom. The number of carbonyl (C=O) groups excluding carboxylic acids is 1. The first-order chi connectivity index (χ1) is 12.7. The molecule has 5 heteroatoms. The molecule has 5 nitrogen and oxygen atoms in total. The molecule has 0 saturated heterocycles. The van der Waals surface area contributed by atoms with E-state index in [1.54, 1.807) is 0 Å².